The van der Waals surface area contributed by atoms with E-state index in [9.17, 15) is 9.59 Å². The molecule has 0 unspecified atom stereocenters. The van der Waals surface area contributed by atoms with Crippen LogP contribution in [0.4, 0.5) is 5.13 Å². The lowest BCUT2D eigenvalue weighted by molar-refractivity contribution is -0.118. The predicted molar refractivity (Wildman–Crippen MR) is 118 cm³/mol. The highest BCUT2D eigenvalue weighted by Gasteiger charge is 2.14. The Kier molecular flexibility index (Phi) is 7.88. The number of rotatable bonds is 8. The molecule has 6 nitrogen and oxygen atoms in total. The Morgan fingerprint density at radius 2 is 1.86 bits per heavy atom. The van der Waals surface area contributed by atoms with Crippen molar-refractivity contribution in [2.45, 2.75) is 10.8 Å². The van der Waals surface area contributed by atoms with Crippen LogP contribution in [0.15, 0.2) is 52.9 Å². The average molecular weight is 467 g/mol. The van der Waals surface area contributed by atoms with E-state index in [0.29, 0.717) is 26.6 Å². The van der Waals surface area contributed by atoms with E-state index >= 15 is 0 Å². The Labute approximate surface area is 186 Å². The zero-order chi connectivity index (χ0) is 20.6. The highest BCUT2D eigenvalue weighted by atomic mass is 35.5. The summed E-state index contributed by atoms with van der Waals surface area (Å²) in [7, 11) is 0. The van der Waals surface area contributed by atoms with Gasteiger partial charge in [-0.25, -0.2) is 0 Å². The molecular formula is C19H16Cl2N4O2S2. The number of nitrogens with zero attached hydrogens (tertiary/aromatic N) is 2. The summed E-state index contributed by atoms with van der Waals surface area (Å²) in [6.45, 7) is 0.572. The number of benzene rings is 2. The number of carbonyl (C=O) groups excluding carboxylic acids is 2. The third kappa shape index (κ3) is 6.71. The standard InChI is InChI=1S/C19H16Cl2N4O2S2/c20-13-6-7-14(15(21)10-13)17(27)23-18-24-25-19(29-18)28-11-16(26)22-9-8-12-4-2-1-3-5-12/h1-7,10H,8-9,11H2,(H,22,26)(H,23,24,27). The summed E-state index contributed by atoms with van der Waals surface area (Å²) in [6, 6.07) is 14.6. The number of halogens is 2. The highest BCUT2D eigenvalue weighted by molar-refractivity contribution is 8.01. The van der Waals surface area contributed by atoms with Gasteiger partial charge in [0.25, 0.3) is 5.91 Å². The normalized spacial score (nSPS) is 10.6. The van der Waals surface area contributed by atoms with Crippen LogP contribution in [0.2, 0.25) is 10.0 Å². The maximum Gasteiger partial charge on any atom is 0.259 e. The van der Waals surface area contributed by atoms with E-state index < -0.39 is 5.91 Å². The van der Waals surface area contributed by atoms with Gasteiger partial charge in [0, 0.05) is 11.6 Å². The molecule has 3 rings (SSSR count). The molecule has 0 saturated carbocycles. The Morgan fingerprint density at radius 3 is 2.62 bits per heavy atom. The zero-order valence-electron chi connectivity index (χ0n) is 15.0. The molecule has 10 heteroatoms. The molecule has 0 radical (unpaired) electrons. The first-order valence-corrected chi connectivity index (χ1v) is 11.1. The maximum absolute atomic E-state index is 12.3. The quantitative estimate of drug-likeness (QED) is 0.375. The molecule has 2 aromatic carbocycles. The third-order valence-electron chi connectivity index (χ3n) is 3.71. The van der Waals surface area contributed by atoms with Gasteiger partial charge in [-0.05, 0) is 30.2 Å². The summed E-state index contributed by atoms with van der Waals surface area (Å²) in [5.74, 6) is -0.266. The Hall–Kier alpha value is -2.13. The largest absolute Gasteiger partial charge is 0.355 e. The number of carbonyl (C=O) groups is 2. The van der Waals surface area contributed by atoms with Gasteiger partial charge < -0.3 is 5.32 Å². The van der Waals surface area contributed by atoms with Gasteiger partial charge in [0.1, 0.15) is 0 Å². The fourth-order valence-corrected chi connectivity index (χ4v) is 4.40. The maximum atomic E-state index is 12.3. The minimum atomic E-state index is -0.405. The Balaban J connectivity index is 1.43. The molecule has 2 N–H and O–H groups in total. The lowest BCUT2D eigenvalue weighted by Gasteiger charge is -2.04. The number of hydrogen-bond acceptors (Lipinski definition) is 6. The Bertz CT molecular complexity index is 999. The van der Waals surface area contributed by atoms with Crippen LogP contribution in [0.5, 0.6) is 0 Å². The molecule has 1 aromatic heterocycles. The molecule has 0 bridgehead atoms. The van der Waals surface area contributed by atoms with Crippen LogP contribution in [0.3, 0.4) is 0 Å². The summed E-state index contributed by atoms with van der Waals surface area (Å²) in [6.07, 6.45) is 0.777. The summed E-state index contributed by atoms with van der Waals surface area (Å²) in [5, 5.41) is 14.4. The molecule has 3 aromatic rings. The fraction of sp³-hybridized carbons (Fsp3) is 0.158. The van der Waals surface area contributed by atoms with Crippen LogP contribution in [0.1, 0.15) is 15.9 Å². The van der Waals surface area contributed by atoms with Crippen LogP contribution >= 0.6 is 46.3 Å². The second-order valence-corrected chi connectivity index (χ2v) is 8.87. The van der Waals surface area contributed by atoms with Gasteiger partial charge in [0.2, 0.25) is 11.0 Å². The van der Waals surface area contributed by atoms with Crippen LogP contribution in [0.25, 0.3) is 0 Å². The number of anilines is 1. The van der Waals surface area contributed by atoms with Gasteiger partial charge in [-0.3, -0.25) is 14.9 Å². The van der Waals surface area contributed by atoms with Gasteiger partial charge in [0.05, 0.1) is 16.3 Å². The van der Waals surface area contributed by atoms with Crippen molar-refractivity contribution in [1.29, 1.82) is 0 Å². The molecule has 0 fully saturated rings. The SMILES string of the molecule is O=C(CSc1nnc(NC(=O)c2ccc(Cl)cc2Cl)s1)NCCc1ccccc1. The topological polar surface area (TPSA) is 84.0 Å². The number of nitrogens with one attached hydrogen (secondary N) is 2. The van der Waals surface area contributed by atoms with E-state index in [1.165, 1.54) is 40.8 Å². The first-order chi connectivity index (χ1) is 14.0. The number of amides is 2. The van der Waals surface area contributed by atoms with Crippen molar-refractivity contribution in [1.82, 2.24) is 15.5 Å². The third-order valence-corrected chi connectivity index (χ3v) is 6.23. The molecule has 0 aliphatic carbocycles. The van der Waals surface area contributed by atoms with E-state index in [1.807, 2.05) is 30.3 Å². The van der Waals surface area contributed by atoms with E-state index in [0.717, 1.165) is 6.42 Å². The van der Waals surface area contributed by atoms with Gasteiger partial charge in [-0.15, -0.1) is 10.2 Å². The van der Waals surface area contributed by atoms with Crippen molar-refractivity contribution in [2.75, 3.05) is 17.6 Å². The second-order valence-electron chi connectivity index (χ2n) is 5.83. The van der Waals surface area contributed by atoms with Crippen molar-refractivity contribution in [3.63, 3.8) is 0 Å². The van der Waals surface area contributed by atoms with Crippen LogP contribution in [-0.4, -0.2) is 34.3 Å². The highest BCUT2D eigenvalue weighted by Crippen LogP contribution is 2.27. The molecule has 0 aliphatic heterocycles. The minimum Gasteiger partial charge on any atom is -0.355 e. The Morgan fingerprint density at radius 1 is 1.07 bits per heavy atom. The smallest absolute Gasteiger partial charge is 0.259 e. The molecule has 2 amide bonds. The van der Waals surface area contributed by atoms with Crippen molar-refractivity contribution < 1.29 is 9.59 Å². The van der Waals surface area contributed by atoms with Crippen LogP contribution < -0.4 is 10.6 Å². The predicted octanol–water partition coefficient (Wildman–Crippen LogP) is 4.55. The average Bonchev–Trinajstić information content (AvgIpc) is 3.14. The summed E-state index contributed by atoms with van der Waals surface area (Å²) in [5.41, 5.74) is 1.46. The second kappa shape index (κ2) is 10.6. The van der Waals surface area contributed by atoms with Gasteiger partial charge in [-0.1, -0.05) is 76.6 Å². The molecule has 0 atom stereocenters. The van der Waals surface area contributed by atoms with E-state index in [2.05, 4.69) is 20.8 Å². The molecule has 0 saturated heterocycles. The van der Waals surface area contributed by atoms with E-state index in [-0.39, 0.29) is 16.7 Å². The number of thioether (sulfide) groups is 1. The van der Waals surface area contributed by atoms with Crippen molar-refractivity contribution >= 4 is 63.2 Å². The van der Waals surface area contributed by atoms with Gasteiger partial charge >= 0.3 is 0 Å². The first kappa shape index (κ1) is 21.6. The van der Waals surface area contributed by atoms with Crippen LogP contribution in [-0.2, 0) is 11.2 Å². The molecular weight excluding hydrogens is 451 g/mol. The summed E-state index contributed by atoms with van der Waals surface area (Å²) >= 11 is 14.3. The van der Waals surface area contributed by atoms with Crippen molar-refractivity contribution in [3.05, 3.63) is 69.7 Å². The minimum absolute atomic E-state index is 0.0836. The van der Waals surface area contributed by atoms with E-state index in [1.54, 1.807) is 6.07 Å². The van der Waals surface area contributed by atoms with Crippen molar-refractivity contribution in [3.8, 4) is 0 Å². The molecule has 1 heterocycles. The molecule has 29 heavy (non-hydrogen) atoms. The zero-order valence-corrected chi connectivity index (χ0v) is 18.2. The monoisotopic (exact) mass is 466 g/mol. The summed E-state index contributed by atoms with van der Waals surface area (Å²) in [4.78, 5) is 24.3. The lowest BCUT2D eigenvalue weighted by atomic mass is 10.1. The first-order valence-electron chi connectivity index (χ1n) is 8.54. The number of aromatic nitrogens is 2. The van der Waals surface area contributed by atoms with Crippen LogP contribution in [0, 0.1) is 0 Å². The fourth-order valence-electron chi connectivity index (χ4n) is 2.33. The van der Waals surface area contributed by atoms with E-state index in [4.69, 9.17) is 23.2 Å². The summed E-state index contributed by atoms with van der Waals surface area (Å²) < 4.78 is 0.584. The van der Waals surface area contributed by atoms with Crippen molar-refractivity contribution in [2.24, 2.45) is 0 Å². The molecule has 150 valence electrons. The van der Waals surface area contributed by atoms with Gasteiger partial charge in [-0.2, -0.15) is 0 Å². The van der Waals surface area contributed by atoms with Gasteiger partial charge in [0.15, 0.2) is 4.34 Å². The molecule has 0 spiro atoms. The molecule has 0 aliphatic rings. The number of hydrogen-bond donors (Lipinski definition) is 2. The lowest BCUT2D eigenvalue weighted by Crippen LogP contribution is -2.27.